The van der Waals surface area contributed by atoms with Crippen molar-refractivity contribution in [3.05, 3.63) is 66.1 Å². The Morgan fingerprint density at radius 3 is 2.67 bits per heavy atom. The van der Waals surface area contributed by atoms with Crippen molar-refractivity contribution in [2.24, 2.45) is 0 Å². The minimum absolute atomic E-state index is 0.0514. The molecule has 0 bridgehead atoms. The number of aromatic hydroxyl groups is 1. The molecule has 1 amide bonds. The van der Waals surface area contributed by atoms with Gasteiger partial charge in [-0.05, 0) is 24.3 Å². The van der Waals surface area contributed by atoms with E-state index in [0.717, 1.165) is 5.39 Å². The Balaban J connectivity index is 1.42. The molecule has 3 aromatic rings. The number of carbonyl (C=O) groups excluding carboxylic acids is 1. The lowest BCUT2D eigenvalue weighted by Gasteiger charge is -2.32. The predicted octanol–water partition coefficient (Wildman–Crippen LogP) is 3.76. The van der Waals surface area contributed by atoms with Gasteiger partial charge in [-0.15, -0.1) is 0 Å². The smallest absolute Gasteiger partial charge is 0.272 e. The number of pyridine rings is 1. The Hall–Kier alpha value is -3.15. The highest BCUT2D eigenvalue weighted by molar-refractivity contribution is 5.96. The van der Waals surface area contributed by atoms with Crippen molar-refractivity contribution in [2.75, 3.05) is 13.1 Å². The predicted molar refractivity (Wildman–Crippen MR) is 99.4 cm³/mol. The molecule has 0 atom stereocenters. The number of likely N-dealkylation sites (tertiary alicyclic amines) is 1. The van der Waals surface area contributed by atoms with Gasteiger partial charge >= 0.3 is 0 Å². The van der Waals surface area contributed by atoms with Crippen LogP contribution in [0.2, 0.25) is 0 Å². The van der Waals surface area contributed by atoms with Crippen molar-refractivity contribution < 1.29 is 19.0 Å². The van der Waals surface area contributed by atoms with Crippen LogP contribution in [0.25, 0.3) is 10.9 Å². The van der Waals surface area contributed by atoms with Crippen LogP contribution < -0.4 is 4.74 Å². The number of rotatable bonds is 3. The molecular weight excluding hydrogens is 347 g/mol. The minimum Gasteiger partial charge on any atom is -0.506 e. The van der Waals surface area contributed by atoms with Crippen molar-refractivity contribution in [1.82, 2.24) is 9.88 Å². The zero-order chi connectivity index (χ0) is 18.8. The third kappa shape index (κ3) is 3.69. The Kier molecular flexibility index (Phi) is 4.62. The van der Waals surface area contributed by atoms with E-state index in [-0.39, 0.29) is 23.6 Å². The fourth-order valence-corrected chi connectivity index (χ4v) is 3.32. The van der Waals surface area contributed by atoms with E-state index in [1.807, 2.05) is 6.07 Å². The maximum absolute atomic E-state index is 13.3. The average molecular weight is 366 g/mol. The molecule has 1 aliphatic heterocycles. The summed E-state index contributed by atoms with van der Waals surface area (Å²) in [6.07, 6.45) is 1.28. The number of piperidine rings is 1. The molecule has 1 aliphatic rings. The molecule has 2 heterocycles. The van der Waals surface area contributed by atoms with Gasteiger partial charge in [0.15, 0.2) is 0 Å². The number of para-hydroxylation sites is 1. The highest BCUT2D eigenvalue weighted by Crippen LogP contribution is 2.24. The Labute approximate surface area is 156 Å². The van der Waals surface area contributed by atoms with Gasteiger partial charge in [-0.3, -0.25) is 4.79 Å². The van der Waals surface area contributed by atoms with Crippen LogP contribution in [-0.4, -0.2) is 40.1 Å². The number of carbonyl (C=O) groups is 1. The number of phenols is 1. The number of nitrogens with zero attached hydrogens (tertiary/aromatic N) is 2. The average Bonchev–Trinajstić information content (AvgIpc) is 2.68. The van der Waals surface area contributed by atoms with Gasteiger partial charge in [-0.2, -0.15) is 0 Å². The maximum atomic E-state index is 13.3. The summed E-state index contributed by atoms with van der Waals surface area (Å²) in [5.41, 5.74) is 0.737. The number of benzene rings is 2. The SMILES string of the molecule is O=C(c1ccc2cccc(O)c2n1)N1CCC(Oc2cccc(F)c2)CC1. The van der Waals surface area contributed by atoms with Crippen LogP contribution in [0.1, 0.15) is 23.3 Å². The molecule has 2 aromatic carbocycles. The molecule has 0 saturated carbocycles. The van der Waals surface area contributed by atoms with E-state index < -0.39 is 0 Å². The molecule has 1 saturated heterocycles. The molecule has 138 valence electrons. The van der Waals surface area contributed by atoms with Crippen molar-refractivity contribution in [3.8, 4) is 11.5 Å². The van der Waals surface area contributed by atoms with Crippen molar-refractivity contribution in [1.29, 1.82) is 0 Å². The maximum Gasteiger partial charge on any atom is 0.272 e. The normalized spacial score (nSPS) is 15.1. The molecule has 0 unspecified atom stereocenters. The Morgan fingerprint density at radius 2 is 1.89 bits per heavy atom. The molecule has 0 radical (unpaired) electrons. The van der Waals surface area contributed by atoms with Crippen LogP contribution in [0.3, 0.4) is 0 Å². The Morgan fingerprint density at radius 1 is 1.11 bits per heavy atom. The van der Waals surface area contributed by atoms with Gasteiger partial charge in [-0.1, -0.05) is 24.3 Å². The summed E-state index contributed by atoms with van der Waals surface area (Å²) >= 11 is 0. The van der Waals surface area contributed by atoms with Crippen LogP contribution in [0, 0.1) is 5.82 Å². The molecule has 5 nitrogen and oxygen atoms in total. The van der Waals surface area contributed by atoms with Gasteiger partial charge in [0.1, 0.15) is 34.6 Å². The zero-order valence-corrected chi connectivity index (χ0v) is 14.6. The lowest BCUT2D eigenvalue weighted by Crippen LogP contribution is -2.42. The van der Waals surface area contributed by atoms with Crippen LogP contribution in [-0.2, 0) is 0 Å². The summed E-state index contributed by atoms with van der Waals surface area (Å²) in [6.45, 7) is 1.08. The van der Waals surface area contributed by atoms with E-state index in [4.69, 9.17) is 4.74 Å². The lowest BCUT2D eigenvalue weighted by molar-refractivity contribution is 0.0590. The molecule has 0 aliphatic carbocycles. The number of phenolic OH excluding ortho intramolecular Hbond substituents is 1. The zero-order valence-electron chi connectivity index (χ0n) is 14.6. The Bertz CT molecular complexity index is 984. The van der Waals surface area contributed by atoms with Crippen molar-refractivity contribution in [3.63, 3.8) is 0 Å². The quantitative estimate of drug-likeness (QED) is 0.767. The number of halogens is 1. The summed E-state index contributed by atoms with van der Waals surface area (Å²) in [6, 6.07) is 14.7. The fraction of sp³-hybridized carbons (Fsp3) is 0.238. The second-order valence-electron chi connectivity index (χ2n) is 6.61. The first-order valence-corrected chi connectivity index (χ1v) is 8.90. The van der Waals surface area contributed by atoms with Crippen molar-refractivity contribution >= 4 is 16.8 Å². The number of amides is 1. The van der Waals surface area contributed by atoms with Gasteiger partial charge in [0, 0.05) is 37.4 Å². The van der Waals surface area contributed by atoms with Gasteiger partial charge in [0.25, 0.3) is 5.91 Å². The molecule has 1 aromatic heterocycles. The second-order valence-corrected chi connectivity index (χ2v) is 6.61. The van der Waals surface area contributed by atoms with Crippen LogP contribution in [0.5, 0.6) is 11.5 Å². The summed E-state index contributed by atoms with van der Waals surface area (Å²) in [5, 5.41) is 10.7. The molecule has 27 heavy (non-hydrogen) atoms. The highest BCUT2D eigenvalue weighted by atomic mass is 19.1. The molecular formula is C21H19FN2O3. The second kappa shape index (κ2) is 7.23. The van der Waals surface area contributed by atoms with Crippen LogP contribution in [0.4, 0.5) is 4.39 Å². The monoisotopic (exact) mass is 366 g/mol. The molecule has 1 N–H and O–H groups in total. The molecule has 4 rings (SSSR count). The fourth-order valence-electron chi connectivity index (χ4n) is 3.32. The van der Waals surface area contributed by atoms with E-state index in [1.165, 1.54) is 12.1 Å². The van der Waals surface area contributed by atoms with Crippen molar-refractivity contribution in [2.45, 2.75) is 18.9 Å². The molecule has 6 heteroatoms. The lowest BCUT2D eigenvalue weighted by atomic mass is 10.1. The third-order valence-electron chi connectivity index (χ3n) is 4.75. The largest absolute Gasteiger partial charge is 0.506 e. The standard InChI is InChI=1S/C21H19FN2O3/c22-15-4-2-5-17(13-15)27-16-9-11-24(12-10-16)21(26)18-8-7-14-3-1-6-19(25)20(14)23-18/h1-8,13,16,25H,9-12H2. The highest BCUT2D eigenvalue weighted by Gasteiger charge is 2.25. The van der Waals surface area contributed by atoms with E-state index in [1.54, 1.807) is 41.3 Å². The third-order valence-corrected chi connectivity index (χ3v) is 4.75. The topological polar surface area (TPSA) is 62.7 Å². The van der Waals surface area contributed by atoms with Crippen LogP contribution >= 0.6 is 0 Å². The molecule has 0 spiro atoms. The summed E-state index contributed by atoms with van der Waals surface area (Å²) in [5.74, 6) is 0.0749. The number of hydrogen-bond donors (Lipinski definition) is 1. The van der Waals surface area contributed by atoms with E-state index >= 15 is 0 Å². The van der Waals surface area contributed by atoms with Gasteiger partial charge in [-0.25, -0.2) is 9.37 Å². The first-order chi connectivity index (χ1) is 13.1. The first-order valence-electron chi connectivity index (χ1n) is 8.90. The number of ether oxygens (including phenoxy) is 1. The number of aromatic nitrogens is 1. The number of fused-ring (bicyclic) bond motifs is 1. The van der Waals surface area contributed by atoms with E-state index in [9.17, 15) is 14.3 Å². The van der Waals surface area contributed by atoms with Crippen LogP contribution in [0.15, 0.2) is 54.6 Å². The molecule has 1 fully saturated rings. The van der Waals surface area contributed by atoms with E-state index in [2.05, 4.69) is 4.98 Å². The van der Waals surface area contributed by atoms with Gasteiger partial charge < -0.3 is 14.7 Å². The minimum atomic E-state index is -0.328. The number of hydrogen-bond acceptors (Lipinski definition) is 4. The summed E-state index contributed by atoms with van der Waals surface area (Å²) < 4.78 is 19.1. The summed E-state index contributed by atoms with van der Waals surface area (Å²) in [7, 11) is 0. The summed E-state index contributed by atoms with van der Waals surface area (Å²) in [4.78, 5) is 18.8. The first kappa shape index (κ1) is 17.3. The van der Waals surface area contributed by atoms with Gasteiger partial charge in [0.05, 0.1) is 0 Å². The van der Waals surface area contributed by atoms with E-state index in [0.29, 0.717) is 42.9 Å². The van der Waals surface area contributed by atoms with Gasteiger partial charge in [0.2, 0.25) is 0 Å².